The van der Waals surface area contributed by atoms with Crippen molar-refractivity contribution in [3.05, 3.63) is 50.2 Å². The van der Waals surface area contributed by atoms with Crippen molar-refractivity contribution in [2.75, 3.05) is 6.61 Å². The Morgan fingerprint density at radius 2 is 1.79 bits per heavy atom. The summed E-state index contributed by atoms with van der Waals surface area (Å²) < 4.78 is 5.52. The molecule has 0 saturated carbocycles. The van der Waals surface area contributed by atoms with Crippen LogP contribution in [-0.4, -0.2) is 16.6 Å². The predicted molar refractivity (Wildman–Crippen MR) is 73.8 cm³/mol. The maximum absolute atomic E-state index is 11.3. The Bertz CT molecular complexity index is 685. The van der Waals surface area contributed by atoms with Crippen LogP contribution in [0.2, 0.25) is 0 Å². The number of rotatable bonds is 3. The molecule has 2 aromatic rings. The second-order valence-corrected chi connectivity index (χ2v) is 4.37. The lowest BCUT2D eigenvalue weighted by Gasteiger charge is -2.12. The van der Waals surface area contributed by atoms with Crippen LogP contribution in [0.15, 0.2) is 27.8 Å². The van der Waals surface area contributed by atoms with Gasteiger partial charge < -0.3 is 9.72 Å². The predicted octanol–water partition coefficient (Wildman–Crippen LogP) is 1.75. The van der Waals surface area contributed by atoms with Crippen molar-refractivity contribution in [2.45, 2.75) is 20.8 Å². The van der Waals surface area contributed by atoms with Gasteiger partial charge in [0, 0.05) is 11.6 Å². The fourth-order valence-electron chi connectivity index (χ4n) is 2.00. The van der Waals surface area contributed by atoms with Crippen molar-refractivity contribution >= 4 is 0 Å². The molecule has 0 unspecified atom stereocenters. The Morgan fingerprint density at radius 1 is 1.05 bits per heavy atom. The lowest BCUT2D eigenvalue weighted by atomic mass is 10.0. The van der Waals surface area contributed by atoms with Crippen molar-refractivity contribution in [1.82, 2.24) is 9.97 Å². The topological polar surface area (TPSA) is 75.0 Å². The molecule has 0 amide bonds. The zero-order valence-electron chi connectivity index (χ0n) is 11.2. The van der Waals surface area contributed by atoms with Crippen LogP contribution in [-0.2, 0) is 0 Å². The molecule has 0 bridgehead atoms. The molecule has 0 aliphatic carbocycles. The first-order chi connectivity index (χ1) is 9.01. The standard InChI is InChI=1S/C14H16N2O3/c1-4-19-12-6-8(2)10(5-9(12)3)11-7-13(17)16-14(18)15-11/h5-7H,4H2,1-3H3,(H2,15,16,17,18). The summed E-state index contributed by atoms with van der Waals surface area (Å²) in [5, 5.41) is 0. The van der Waals surface area contributed by atoms with Crippen LogP contribution in [0.4, 0.5) is 0 Å². The first-order valence-electron chi connectivity index (χ1n) is 6.09. The molecule has 2 N–H and O–H groups in total. The zero-order chi connectivity index (χ0) is 14.0. The molecule has 1 aromatic heterocycles. The van der Waals surface area contributed by atoms with Crippen LogP contribution in [0.1, 0.15) is 18.1 Å². The van der Waals surface area contributed by atoms with Gasteiger partial charge in [-0.25, -0.2) is 4.79 Å². The van der Waals surface area contributed by atoms with E-state index in [9.17, 15) is 9.59 Å². The molecule has 2 rings (SSSR count). The summed E-state index contributed by atoms with van der Waals surface area (Å²) in [4.78, 5) is 27.5. The molecular formula is C14H16N2O3. The van der Waals surface area contributed by atoms with Crippen LogP contribution in [0.5, 0.6) is 5.75 Å². The van der Waals surface area contributed by atoms with Gasteiger partial charge in [-0.15, -0.1) is 0 Å². The van der Waals surface area contributed by atoms with Gasteiger partial charge in [-0.2, -0.15) is 0 Å². The Morgan fingerprint density at radius 3 is 2.42 bits per heavy atom. The molecule has 1 aromatic carbocycles. The SMILES string of the molecule is CCOc1cc(C)c(-c2cc(=O)[nH]c(=O)[nH]2)cc1C. The van der Waals surface area contributed by atoms with Crippen molar-refractivity contribution in [3.63, 3.8) is 0 Å². The van der Waals surface area contributed by atoms with E-state index < -0.39 is 11.2 Å². The number of aryl methyl sites for hydroxylation is 2. The summed E-state index contributed by atoms with van der Waals surface area (Å²) in [6.07, 6.45) is 0. The fraction of sp³-hybridized carbons (Fsp3) is 0.286. The van der Waals surface area contributed by atoms with Gasteiger partial charge in [0.05, 0.1) is 12.3 Å². The Kier molecular flexibility index (Phi) is 3.55. The molecule has 5 heteroatoms. The largest absolute Gasteiger partial charge is 0.494 e. The van der Waals surface area contributed by atoms with Gasteiger partial charge in [-0.1, -0.05) is 0 Å². The third-order valence-electron chi connectivity index (χ3n) is 2.87. The summed E-state index contributed by atoms with van der Waals surface area (Å²) in [5.41, 5.74) is 2.32. The van der Waals surface area contributed by atoms with Crippen LogP contribution < -0.4 is 16.0 Å². The molecule has 19 heavy (non-hydrogen) atoms. The molecule has 0 atom stereocenters. The van der Waals surface area contributed by atoms with Gasteiger partial charge in [0.15, 0.2) is 0 Å². The van der Waals surface area contributed by atoms with Crippen molar-refractivity contribution in [1.29, 1.82) is 0 Å². The van der Waals surface area contributed by atoms with Gasteiger partial charge in [0.1, 0.15) is 5.75 Å². The van der Waals surface area contributed by atoms with E-state index in [0.29, 0.717) is 12.3 Å². The maximum Gasteiger partial charge on any atom is 0.326 e. The monoisotopic (exact) mass is 260 g/mol. The highest BCUT2D eigenvalue weighted by atomic mass is 16.5. The van der Waals surface area contributed by atoms with E-state index in [1.54, 1.807) is 0 Å². The summed E-state index contributed by atoms with van der Waals surface area (Å²) in [6, 6.07) is 5.20. The summed E-state index contributed by atoms with van der Waals surface area (Å²) >= 11 is 0. The van der Waals surface area contributed by atoms with E-state index in [2.05, 4.69) is 9.97 Å². The highest BCUT2D eigenvalue weighted by molar-refractivity contribution is 5.65. The van der Waals surface area contributed by atoms with E-state index in [-0.39, 0.29) is 0 Å². The molecule has 1 heterocycles. The smallest absolute Gasteiger partial charge is 0.326 e. The van der Waals surface area contributed by atoms with Gasteiger partial charge in [-0.05, 0) is 44.0 Å². The Hall–Kier alpha value is -2.30. The molecule has 0 saturated heterocycles. The number of aromatic nitrogens is 2. The first kappa shape index (κ1) is 13.1. The van der Waals surface area contributed by atoms with Gasteiger partial charge in [-0.3, -0.25) is 9.78 Å². The first-order valence-corrected chi connectivity index (χ1v) is 6.09. The van der Waals surface area contributed by atoms with E-state index in [1.807, 2.05) is 32.9 Å². The number of aromatic amines is 2. The maximum atomic E-state index is 11.3. The average Bonchev–Trinajstić information content (AvgIpc) is 2.32. The fourth-order valence-corrected chi connectivity index (χ4v) is 2.00. The highest BCUT2D eigenvalue weighted by Crippen LogP contribution is 2.28. The minimum atomic E-state index is -0.506. The van der Waals surface area contributed by atoms with Crippen LogP contribution in [0, 0.1) is 13.8 Å². The molecule has 5 nitrogen and oxygen atoms in total. The number of H-pyrrole nitrogens is 2. The number of ether oxygens (including phenoxy) is 1. The molecule has 0 aliphatic rings. The number of nitrogens with one attached hydrogen (secondary N) is 2. The Labute approximate surface area is 110 Å². The summed E-state index contributed by atoms with van der Waals surface area (Å²) in [7, 11) is 0. The minimum absolute atomic E-state index is 0.412. The lowest BCUT2D eigenvalue weighted by molar-refractivity contribution is 0.337. The summed E-state index contributed by atoms with van der Waals surface area (Å²) in [5.74, 6) is 0.816. The lowest BCUT2D eigenvalue weighted by Crippen LogP contribution is -2.21. The molecule has 0 aliphatic heterocycles. The average molecular weight is 260 g/mol. The van der Waals surface area contributed by atoms with E-state index >= 15 is 0 Å². The summed E-state index contributed by atoms with van der Waals surface area (Å²) in [6.45, 7) is 6.37. The van der Waals surface area contributed by atoms with Crippen LogP contribution in [0.3, 0.4) is 0 Å². The minimum Gasteiger partial charge on any atom is -0.494 e. The number of hydrogen-bond donors (Lipinski definition) is 2. The second-order valence-electron chi connectivity index (χ2n) is 4.37. The molecule has 0 spiro atoms. The van der Waals surface area contributed by atoms with E-state index in [0.717, 1.165) is 22.4 Å². The Balaban J connectivity index is 2.60. The quantitative estimate of drug-likeness (QED) is 0.882. The van der Waals surface area contributed by atoms with Crippen molar-refractivity contribution in [2.24, 2.45) is 0 Å². The van der Waals surface area contributed by atoms with E-state index in [1.165, 1.54) is 6.07 Å². The van der Waals surface area contributed by atoms with Crippen molar-refractivity contribution in [3.8, 4) is 17.0 Å². The molecular weight excluding hydrogens is 244 g/mol. The van der Waals surface area contributed by atoms with E-state index in [4.69, 9.17) is 4.74 Å². The number of hydrogen-bond acceptors (Lipinski definition) is 3. The molecule has 0 radical (unpaired) electrons. The third kappa shape index (κ3) is 2.76. The zero-order valence-corrected chi connectivity index (χ0v) is 11.2. The highest BCUT2D eigenvalue weighted by Gasteiger charge is 2.08. The van der Waals surface area contributed by atoms with Crippen LogP contribution >= 0.6 is 0 Å². The molecule has 0 fully saturated rings. The van der Waals surface area contributed by atoms with Crippen molar-refractivity contribution < 1.29 is 4.74 Å². The van der Waals surface area contributed by atoms with Gasteiger partial charge >= 0.3 is 5.69 Å². The normalized spacial score (nSPS) is 10.5. The van der Waals surface area contributed by atoms with Gasteiger partial charge in [0.2, 0.25) is 0 Å². The number of benzene rings is 1. The second kappa shape index (κ2) is 5.14. The van der Waals surface area contributed by atoms with Crippen LogP contribution in [0.25, 0.3) is 11.3 Å². The van der Waals surface area contributed by atoms with Gasteiger partial charge in [0.25, 0.3) is 5.56 Å². The molecule has 100 valence electrons. The third-order valence-corrected chi connectivity index (χ3v) is 2.87.